The summed E-state index contributed by atoms with van der Waals surface area (Å²) in [5.74, 6) is 0.633. The molecular weight excluding hydrogens is 352 g/mol. The van der Waals surface area contributed by atoms with Gasteiger partial charge in [0.15, 0.2) is 6.19 Å². The van der Waals surface area contributed by atoms with Crippen LogP contribution in [0.25, 0.3) is 0 Å². The van der Waals surface area contributed by atoms with E-state index in [-0.39, 0.29) is 12.1 Å². The van der Waals surface area contributed by atoms with E-state index >= 15 is 0 Å². The molecule has 2 N–H and O–H groups in total. The molecule has 1 amide bonds. The van der Waals surface area contributed by atoms with Gasteiger partial charge in [-0.3, -0.25) is 4.79 Å². The number of hydrogen-bond donors (Lipinski definition) is 1. The molecule has 0 spiro atoms. The molecule has 28 heavy (non-hydrogen) atoms. The number of primary amides is 1. The van der Waals surface area contributed by atoms with Crippen LogP contribution in [0.4, 0.5) is 11.6 Å². The number of fused-ring (bicyclic) bond motifs is 3. The van der Waals surface area contributed by atoms with Gasteiger partial charge < -0.3 is 15.5 Å². The van der Waals surface area contributed by atoms with Gasteiger partial charge >= 0.3 is 0 Å². The molecule has 2 fully saturated rings. The first-order valence-electron chi connectivity index (χ1n) is 9.76. The Morgan fingerprint density at radius 2 is 2.14 bits per heavy atom. The predicted octanol–water partition coefficient (Wildman–Crippen LogP) is 2.28. The summed E-state index contributed by atoms with van der Waals surface area (Å²) in [4.78, 5) is 25.1. The van der Waals surface area contributed by atoms with Gasteiger partial charge in [0.1, 0.15) is 0 Å². The Morgan fingerprint density at radius 1 is 1.29 bits per heavy atom. The van der Waals surface area contributed by atoms with E-state index in [4.69, 9.17) is 5.73 Å². The second-order valence-corrected chi connectivity index (χ2v) is 8.05. The van der Waals surface area contributed by atoms with Crippen LogP contribution in [0.5, 0.6) is 0 Å². The highest BCUT2D eigenvalue weighted by Gasteiger charge is 2.52. The Bertz CT molecular complexity index is 999. The maximum atomic E-state index is 11.7. The largest absolute Gasteiger partial charge is 0.366 e. The van der Waals surface area contributed by atoms with Crippen LogP contribution in [0.2, 0.25) is 0 Å². The molecular formula is C21H22N6O. The van der Waals surface area contributed by atoms with Crippen LogP contribution >= 0.6 is 0 Å². The Hall–Kier alpha value is -3.14. The quantitative estimate of drug-likeness (QED) is 0.828. The number of carbonyl (C=O) groups is 1. The van der Waals surface area contributed by atoms with Crippen LogP contribution in [-0.4, -0.2) is 38.9 Å². The summed E-state index contributed by atoms with van der Waals surface area (Å²) in [5, 5.41) is 9.58. The number of benzene rings is 1. The standard InChI is InChI=1S/C21H22N6O/c1-12-6-7-24-21(25-12)27-17-4-2-13(20(23)28)8-14(17)9-19(27)16-10-15-3-5-18(16)26(15)11-22/h2,4,6-8,15-16,18-19H,3,5,9-10H2,1H3,(H2,23,28). The molecule has 4 atom stereocenters. The highest BCUT2D eigenvalue weighted by molar-refractivity contribution is 5.94. The minimum Gasteiger partial charge on any atom is -0.366 e. The van der Waals surface area contributed by atoms with E-state index in [1.165, 1.54) is 0 Å². The molecule has 3 aliphatic heterocycles. The van der Waals surface area contributed by atoms with E-state index in [2.05, 4.69) is 21.1 Å². The zero-order chi connectivity index (χ0) is 19.4. The van der Waals surface area contributed by atoms with Gasteiger partial charge in [-0.2, -0.15) is 5.26 Å². The van der Waals surface area contributed by atoms with E-state index in [9.17, 15) is 10.1 Å². The summed E-state index contributed by atoms with van der Waals surface area (Å²) in [7, 11) is 0. The van der Waals surface area contributed by atoms with Crippen LogP contribution in [0, 0.1) is 24.3 Å². The molecule has 3 aliphatic rings. The molecule has 1 aromatic heterocycles. The predicted molar refractivity (Wildman–Crippen MR) is 104 cm³/mol. The summed E-state index contributed by atoms with van der Waals surface area (Å²) in [5.41, 5.74) is 9.06. The number of rotatable bonds is 3. The number of amides is 1. The van der Waals surface area contributed by atoms with Crippen LogP contribution in [0.3, 0.4) is 0 Å². The van der Waals surface area contributed by atoms with E-state index in [1.54, 1.807) is 12.3 Å². The average Bonchev–Trinajstić information content (AvgIpc) is 3.37. The molecule has 0 saturated carbocycles. The number of anilines is 2. The van der Waals surface area contributed by atoms with Crippen LogP contribution < -0.4 is 10.6 Å². The summed E-state index contributed by atoms with van der Waals surface area (Å²) in [6.07, 6.45) is 8.18. The molecule has 142 valence electrons. The maximum absolute atomic E-state index is 11.7. The molecule has 0 radical (unpaired) electrons. The topological polar surface area (TPSA) is 99.1 Å². The van der Waals surface area contributed by atoms with Crippen molar-refractivity contribution in [1.82, 2.24) is 14.9 Å². The maximum Gasteiger partial charge on any atom is 0.248 e. The van der Waals surface area contributed by atoms with Gasteiger partial charge in [-0.25, -0.2) is 9.97 Å². The first-order chi connectivity index (χ1) is 13.6. The van der Waals surface area contributed by atoms with E-state index in [0.29, 0.717) is 23.5 Å². The zero-order valence-electron chi connectivity index (χ0n) is 15.7. The number of carbonyl (C=O) groups excluding carboxylic acids is 1. The fourth-order valence-corrected chi connectivity index (χ4v) is 5.39. The number of aromatic nitrogens is 2. The lowest BCUT2D eigenvalue weighted by Gasteiger charge is -2.34. The van der Waals surface area contributed by atoms with Crippen LogP contribution in [0.15, 0.2) is 30.5 Å². The molecule has 7 nitrogen and oxygen atoms in total. The molecule has 2 bridgehead atoms. The monoisotopic (exact) mass is 374 g/mol. The molecule has 7 heteroatoms. The highest BCUT2D eigenvalue weighted by Crippen LogP contribution is 2.49. The third-order valence-corrected chi connectivity index (χ3v) is 6.58. The third kappa shape index (κ3) is 2.44. The molecule has 2 saturated heterocycles. The number of nitriles is 1. The molecule has 4 heterocycles. The fourth-order valence-electron chi connectivity index (χ4n) is 5.39. The number of hydrogen-bond acceptors (Lipinski definition) is 6. The van der Waals surface area contributed by atoms with Gasteiger partial charge in [-0.1, -0.05) is 0 Å². The first kappa shape index (κ1) is 17.0. The van der Waals surface area contributed by atoms with Crippen LogP contribution in [-0.2, 0) is 6.42 Å². The van der Waals surface area contributed by atoms with Crippen molar-refractivity contribution in [1.29, 1.82) is 5.26 Å². The van der Waals surface area contributed by atoms with Crippen molar-refractivity contribution < 1.29 is 4.79 Å². The van der Waals surface area contributed by atoms with Gasteiger partial charge in [-0.05, 0) is 62.4 Å². The van der Waals surface area contributed by atoms with Crippen molar-refractivity contribution >= 4 is 17.5 Å². The van der Waals surface area contributed by atoms with E-state index < -0.39 is 5.91 Å². The smallest absolute Gasteiger partial charge is 0.248 e. The Morgan fingerprint density at radius 3 is 2.86 bits per heavy atom. The second kappa shape index (κ2) is 6.20. The molecule has 4 unspecified atom stereocenters. The average molecular weight is 374 g/mol. The number of nitrogens with zero attached hydrogens (tertiary/aromatic N) is 5. The third-order valence-electron chi connectivity index (χ3n) is 6.58. The minimum atomic E-state index is -0.416. The summed E-state index contributed by atoms with van der Waals surface area (Å²) < 4.78 is 0. The highest BCUT2D eigenvalue weighted by atomic mass is 16.1. The Kier molecular flexibility index (Phi) is 3.76. The first-order valence-corrected chi connectivity index (χ1v) is 9.76. The fraction of sp³-hybridized carbons (Fsp3) is 0.429. The van der Waals surface area contributed by atoms with E-state index in [1.807, 2.05) is 30.0 Å². The normalized spacial score (nSPS) is 27.7. The van der Waals surface area contributed by atoms with Gasteiger partial charge in [0.25, 0.3) is 0 Å². The molecule has 2 aromatic rings. The van der Waals surface area contributed by atoms with Crippen LogP contribution in [0.1, 0.15) is 40.9 Å². The zero-order valence-corrected chi connectivity index (χ0v) is 15.7. The number of nitrogens with two attached hydrogens (primary N) is 1. The van der Waals surface area contributed by atoms with Gasteiger partial charge in [-0.15, -0.1) is 0 Å². The second-order valence-electron chi connectivity index (χ2n) is 8.05. The SMILES string of the molecule is Cc1ccnc(N2c3ccc(C(N)=O)cc3CC2C2CC3CCC2N3C#N)n1. The summed E-state index contributed by atoms with van der Waals surface area (Å²) in [6.45, 7) is 1.96. The summed E-state index contributed by atoms with van der Waals surface area (Å²) >= 11 is 0. The van der Waals surface area contributed by atoms with Gasteiger partial charge in [0, 0.05) is 47.2 Å². The lowest BCUT2D eigenvalue weighted by Crippen LogP contribution is -2.41. The van der Waals surface area contributed by atoms with Crippen molar-refractivity contribution in [2.45, 2.75) is 50.7 Å². The molecule has 5 rings (SSSR count). The lowest BCUT2D eigenvalue weighted by atomic mass is 9.82. The number of aryl methyl sites for hydroxylation is 1. The van der Waals surface area contributed by atoms with Gasteiger partial charge in [0.2, 0.25) is 11.9 Å². The van der Waals surface area contributed by atoms with Crippen molar-refractivity contribution in [3.63, 3.8) is 0 Å². The van der Waals surface area contributed by atoms with Crippen molar-refractivity contribution in [2.75, 3.05) is 4.90 Å². The van der Waals surface area contributed by atoms with Crippen molar-refractivity contribution in [3.8, 4) is 6.19 Å². The molecule has 0 aliphatic carbocycles. The lowest BCUT2D eigenvalue weighted by molar-refractivity contribution is 0.1000. The Balaban J connectivity index is 1.58. The van der Waals surface area contributed by atoms with Gasteiger partial charge in [0.05, 0.1) is 0 Å². The summed E-state index contributed by atoms with van der Waals surface area (Å²) in [6, 6.07) is 8.31. The minimum absolute atomic E-state index is 0.172. The van der Waals surface area contributed by atoms with Crippen molar-refractivity contribution in [2.24, 2.45) is 11.7 Å². The molecule has 1 aromatic carbocycles. The van der Waals surface area contributed by atoms with Crippen molar-refractivity contribution in [3.05, 3.63) is 47.3 Å². The Labute approximate surface area is 163 Å². The van der Waals surface area contributed by atoms with E-state index in [0.717, 1.165) is 42.6 Å².